The Hall–Kier alpha value is -2.36. The van der Waals surface area contributed by atoms with Crippen LogP contribution in [-0.4, -0.2) is 11.2 Å². The van der Waals surface area contributed by atoms with E-state index in [-0.39, 0.29) is 23.9 Å². The van der Waals surface area contributed by atoms with Crippen molar-refractivity contribution in [1.29, 1.82) is 0 Å². The van der Waals surface area contributed by atoms with Gasteiger partial charge in [0, 0.05) is 23.7 Å². The van der Waals surface area contributed by atoms with E-state index in [9.17, 15) is 10.1 Å². The lowest BCUT2D eigenvalue weighted by Gasteiger charge is -2.25. The maximum absolute atomic E-state index is 11.0. The maximum Gasteiger partial charge on any atom is 0.294 e. The van der Waals surface area contributed by atoms with Crippen molar-refractivity contribution in [2.24, 2.45) is 23.7 Å². The summed E-state index contributed by atoms with van der Waals surface area (Å²) in [6.45, 7) is 0. The molecule has 0 saturated heterocycles. The molecule has 4 nitrogen and oxygen atoms in total. The summed E-state index contributed by atoms with van der Waals surface area (Å²) < 4.78 is 0. The van der Waals surface area contributed by atoms with Crippen molar-refractivity contribution in [2.75, 3.05) is 0 Å². The SMILES string of the molecule is O=[N+]([O-])OC1C2CC3C=CC=CC3=CC=C2C2C=CC=CC21. The lowest BCUT2D eigenvalue weighted by atomic mass is 9.84. The highest BCUT2D eigenvalue weighted by molar-refractivity contribution is 5.43. The van der Waals surface area contributed by atoms with Crippen LogP contribution in [0.5, 0.6) is 0 Å². The van der Waals surface area contributed by atoms with Crippen molar-refractivity contribution in [3.05, 3.63) is 82.0 Å². The van der Waals surface area contributed by atoms with Crippen LogP contribution in [0.4, 0.5) is 0 Å². The molecule has 5 unspecified atom stereocenters. The standard InChI is InChI=1S/C18H17NO3/c20-19(21)22-18-16-8-4-3-7-14(16)15-10-9-12-5-1-2-6-13(12)11-17(15)18/h1-10,13-14,16-18H,11H2. The maximum atomic E-state index is 11.0. The Labute approximate surface area is 129 Å². The van der Waals surface area contributed by atoms with E-state index >= 15 is 0 Å². The fraction of sp³-hybridized carbons (Fsp3) is 0.333. The largest absolute Gasteiger partial charge is 0.309 e. The molecule has 5 atom stereocenters. The first-order valence-corrected chi connectivity index (χ1v) is 7.67. The lowest BCUT2D eigenvalue weighted by Crippen LogP contribution is -2.29. The van der Waals surface area contributed by atoms with Crippen LogP contribution in [0.25, 0.3) is 0 Å². The average Bonchev–Trinajstić information content (AvgIpc) is 2.69. The van der Waals surface area contributed by atoms with Crippen molar-refractivity contribution < 1.29 is 9.92 Å². The van der Waals surface area contributed by atoms with Crippen LogP contribution in [0.1, 0.15) is 6.42 Å². The Kier molecular flexibility index (Phi) is 3.10. The highest BCUT2D eigenvalue weighted by atomic mass is 17.0. The molecular weight excluding hydrogens is 278 g/mol. The molecule has 112 valence electrons. The minimum atomic E-state index is -0.632. The Morgan fingerprint density at radius 3 is 2.77 bits per heavy atom. The molecule has 4 heteroatoms. The number of nitrogens with zero attached hydrogens (tertiary/aromatic N) is 1. The van der Waals surface area contributed by atoms with Crippen LogP contribution in [-0.2, 0) is 4.84 Å². The van der Waals surface area contributed by atoms with Gasteiger partial charge in [0.25, 0.3) is 5.09 Å². The van der Waals surface area contributed by atoms with Gasteiger partial charge >= 0.3 is 0 Å². The molecule has 0 amide bonds. The number of allylic oxidation sites excluding steroid dienone is 10. The zero-order valence-electron chi connectivity index (χ0n) is 12.0. The molecule has 1 saturated carbocycles. The summed E-state index contributed by atoms with van der Waals surface area (Å²) in [6.07, 6.45) is 21.4. The molecule has 0 aromatic rings. The Bertz CT molecular complexity index is 680. The Morgan fingerprint density at radius 2 is 1.91 bits per heavy atom. The molecule has 4 aliphatic rings. The number of fused-ring (bicyclic) bond motifs is 4. The molecule has 0 aromatic carbocycles. The third-order valence-corrected chi connectivity index (χ3v) is 5.12. The normalized spacial score (nSPS) is 37.5. The molecule has 0 aliphatic heterocycles. The summed E-state index contributed by atoms with van der Waals surface area (Å²) in [7, 11) is 0. The monoisotopic (exact) mass is 295 g/mol. The summed E-state index contributed by atoms with van der Waals surface area (Å²) in [5.41, 5.74) is 2.54. The van der Waals surface area contributed by atoms with E-state index in [1.54, 1.807) is 0 Å². The number of hydrogen-bond donors (Lipinski definition) is 0. The smallest absolute Gasteiger partial charge is 0.294 e. The second kappa shape index (κ2) is 5.13. The quantitative estimate of drug-likeness (QED) is 0.578. The first-order valence-electron chi connectivity index (χ1n) is 7.67. The third kappa shape index (κ3) is 2.06. The molecule has 0 aromatic heterocycles. The molecular formula is C18H17NO3. The van der Waals surface area contributed by atoms with Gasteiger partial charge in [0.1, 0.15) is 6.10 Å². The first-order chi connectivity index (χ1) is 10.7. The van der Waals surface area contributed by atoms with E-state index in [1.165, 1.54) is 11.1 Å². The van der Waals surface area contributed by atoms with E-state index in [0.717, 1.165) is 6.42 Å². The van der Waals surface area contributed by atoms with Crippen LogP contribution in [0.2, 0.25) is 0 Å². The molecule has 0 heterocycles. The Morgan fingerprint density at radius 1 is 1.09 bits per heavy atom. The van der Waals surface area contributed by atoms with Crippen LogP contribution in [0.15, 0.2) is 71.9 Å². The third-order valence-electron chi connectivity index (χ3n) is 5.12. The summed E-state index contributed by atoms with van der Waals surface area (Å²) in [5.74, 6) is 0.673. The summed E-state index contributed by atoms with van der Waals surface area (Å²) >= 11 is 0. The molecule has 0 radical (unpaired) electrons. The predicted molar refractivity (Wildman–Crippen MR) is 83.2 cm³/mol. The summed E-state index contributed by atoms with van der Waals surface area (Å²) in [6, 6.07) is 0. The lowest BCUT2D eigenvalue weighted by molar-refractivity contribution is -0.771. The van der Waals surface area contributed by atoms with Crippen LogP contribution in [0.3, 0.4) is 0 Å². The zero-order chi connectivity index (χ0) is 15.1. The van der Waals surface area contributed by atoms with Gasteiger partial charge in [-0.2, -0.15) is 0 Å². The molecule has 0 bridgehead atoms. The molecule has 0 N–H and O–H groups in total. The van der Waals surface area contributed by atoms with Crippen molar-refractivity contribution in [3.63, 3.8) is 0 Å². The van der Waals surface area contributed by atoms with Crippen molar-refractivity contribution >= 4 is 0 Å². The van der Waals surface area contributed by atoms with Gasteiger partial charge in [-0.3, -0.25) is 0 Å². The van der Waals surface area contributed by atoms with Crippen molar-refractivity contribution in [3.8, 4) is 0 Å². The molecule has 4 aliphatic carbocycles. The van der Waals surface area contributed by atoms with Gasteiger partial charge < -0.3 is 4.84 Å². The van der Waals surface area contributed by atoms with Gasteiger partial charge in [-0.05, 0) is 12.0 Å². The molecule has 4 rings (SSSR count). The van der Waals surface area contributed by atoms with Crippen molar-refractivity contribution in [1.82, 2.24) is 0 Å². The van der Waals surface area contributed by atoms with Gasteiger partial charge in [0.2, 0.25) is 0 Å². The highest BCUT2D eigenvalue weighted by Crippen LogP contribution is 2.50. The average molecular weight is 295 g/mol. The molecule has 1 fully saturated rings. The topological polar surface area (TPSA) is 52.4 Å². The van der Waals surface area contributed by atoms with Gasteiger partial charge in [0.05, 0.1) is 0 Å². The summed E-state index contributed by atoms with van der Waals surface area (Å²) in [5, 5.41) is 10.3. The van der Waals surface area contributed by atoms with Gasteiger partial charge in [0.15, 0.2) is 0 Å². The minimum Gasteiger partial charge on any atom is -0.309 e. The number of rotatable bonds is 2. The zero-order valence-corrected chi connectivity index (χ0v) is 12.0. The van der Waals surface area contributed by atoms with E-state index in [2.05, 4.69) is 42.5 Å². The summed E-state index contributed by atoms with van der Waals surface area (Å²) in [4.78, 5) is 16.1. The Balaban J connectivity index is 1.74. The van der Waals surface area contributed by atoms with Crippen molar-refractivity contribution in [2.45, 2.75) is 12.5 Å². The van der Waals surface area contributed by atoms with E-state index < -0.39 is 5.09 Å². The van der Waals surface area contributed by atoms with Gasteiger partial charge in [-0.1, -0.05) is 66.3 Å². The van der Waals surface area contributed by atoms with E-state index in [0.29, 0.717) is 5.92 Å². The number of hydrogen-bond acceptors (Lipinski definition) is 3. The van der Waals surface area contributed by atoms with Crippen LogP contribution in [0, 0.1) is 33.8 Å². The highest BCUT2D eigenvalue weighted by Gasteiger charge is 2.48. The van der Waals surface area contributed by atoms with E-state index in [1.807, 2.05) is 18.2 Å². The predicted octanol–water partition coefficient (Wildman–Crippen LogP) is 3.55. The van der Waals surface area contributed by atoms with Crippen LogP contribution < -0.4 is 0 Å². The fourth-order valence-corrected chi connectivity index (χ4v) is 4.18. The molecule has 22 heavy (non-hydrogen) atoms. The van der Waals surface area contributed by atoms with E-state index in [4.69, 9.17) is 4.84 Å². The van der Waals surface area contributed by atoms with Crippen LogP contribution >= 0.6 is 0 Å². The first kappa shape index (κ1) is 13.3. The fourth-order valence-electron chi connectivity index (χ4n) is 4.18. The minimum absolute atomic E-state index is 0.0599. The van der Waals surface area contributed by atoms with Gasteiger partial charge in [-0.25, -0.2) is 0 Å². The van der Waals surface area contributed by atoms with Gasteiger partial charge in [-0.15, -0.1) is 10.1 Å². The second-order valence-electron chi connectivity index (χ2n) is 6.19. The molecule has 0 spiro atoms. The second-order valence-corrected chi connectivity index (χ2v) is 6.19.